The highest BCUT2D eigenvalue weighted by Crippen LogP contribution is 2.24. The van der Waals surface area contributed by atoms with Crippen molar-refractivity contribution in [2.24, 2.45) is 7.05 Å². The molecule has 1 N–H and O–H groups in total. The zero-order valence-electron chi connectivity index (χ0n) is 13.9. The molecule has 0 atom stereocenters. The van der Waals surface area contributed by atoms with Crippen LogP contribution < -0.4 is 5.32 Å². The van der Waals surface area contributed by atoms with E-state index in [1.165, 1.54) is 0 Å². The molecular weight excluding hydrogens is 304 g/mol. The zero-order chi connectivity index (χ0) is 16.7. The third kappa shape index (κ3) is 2.42. The highest BCUT2D eigenvalue weighted by atomic mass is 16.2. The van der Waals surface area contributed by atoms with Crippen LogP contribution in [0.2, 0.25) is 0 Å². The van der Waals surface area contributed by atoms with Gasteiger partial charge >= 0.3 is 6.03 Å². The lowest BCUT2D eigenvalue weighted by atomic mass is 10.0. The van der Waals surface area contributed by atoms with Gasteiger partial charge in [0, 0.05) is 56.4 Å². The lowest BCUT2D eigenvalue weighted by molar-refractivity contribution is 0.0668. The summed E-state index contributed by atoms with van der Waals surface area (Å²) in [6.07, 6.45) is 3.63. The first-order valence-corrected chi connectivity index (χ1v) is 8.53. The van der Waals surface area contributed by atoms with Gasteiger partial charge in [-0.25, -0.2) is 4.79 Å². The maximum atomic E-state index is 12.9. The molecule has 0 unspecified atom stereocenters. The van der Waals surface area contributed by atoms with Crippen molar-refractivity contribution in [3.63, 3.8) is 0 Å². The van der Waals surface area contributed by atoms with Gasteiger partial charge in [-0.2, -0.15) is 0 Å². The number of para-hydroxylation sites is 1. The molecule has 0 radical (unpaired) electrons. The molecule has 6 nitrogen and oxygen atoms in total. The number of likely N-dealkylation sites (tertiary alicyclic amines) is 1. The van der Waals surface area contributed by atoms with Crippen molar-refractivity contribution >= 4 is 22.8 Å². The molecule has 4 rings (SSSR count). The molecule has 2 aliphatic rings. The van der Waals surface area contributed by atoms with Crippen LogP contribution in [0.15, 0.2) is 30.5 Å². The standard InChI is InChI=1S/C18H22N4O2/c1-20-12-15(14-4-2-3-5-16(14)20)17(23)21-9-6-13(7-10-21)22-11-8-19-18(22)24/h2-5,12-13H,6-11H2,1H3,(H,19,24). The number of urea groups is 1. The van der Waals surface area contributed by atoms with Gasteiger partial charge in [-0.1, -0.05) is 18.2 Å². The highest BCUT2D eigenvalue weighted by Gasteiger charge is 2.32. The van der Waals surface area contributed by atoms with Gasteiger partial charge in [0.15, 0.2) is 0 Å². The van der Waals surface area contributed by atoms with Gasteiger partial charge in [0.25, 0.3) is 5.91 Å². The summed E-state index contributed by atoms with van der Waals surface area (Å²) in [5.41, 5.74) is 1.84. The van der Waals surface area contributed by atoms with E-state index in [4.69, 9.17) is 0 Å². The summed E-state index contributed by atoms with van der Waals surface area (Å²) in [5, 5.41) is 3.86. The first-order valence-electron chi connectivity index (χ1n) is 8.53. The minimum atomic E-state index is 0.0360. The van der Waals surface area contributed by atoms with E-state index in [0.717, 1.165) is 42.4 Å². The lowest BCUT2D eigenvalue weighted by Crippen LogP contribution is -2.47. The Bertz CT molecular complexity index is 789. The Morgan fingerprint density at radius 2 is 1.92 bits per heavy atom. The Balaban J connectivity index is 1.49. The Morgan fingerprint density at radius 1 is 1.17 bits per heavy atom. The molecule has 6 heteroatoms. The van der Waals surface area contributed by atoms with Crippen LogP contribution in [0.3, 0.4) is 0 Å². The van der Waals surface area contributed by atoms with E-state index in [1.54, 1.807) is 0 Å². The molecule has 0 bridgehead atoms. The molecule has 24 heavy (non-hydrogen) atoms. The third-order valence-corrected chi connectivity index (χ3v) is 5.21. The number of aryl methyl sites for hydroxylation is 1. The molecular formula is C18H22N4O2. The Kier molecular flexibility index (Phi) is 3.67. The normalized spacial score (nSPS) is 19.1. The molecule has 2 aliphatic heterocycles. The Labute approximate surface area is 141 Å². The number of rotatable bonds is 2. The van der Waals surface area contributed by atoms with Gasteiger partial charge < -0.3 is 19.7 Å². The van der Waals surface area contributed by atoms with Crippen LogP contribution >= 0.6 is 0 Å². The quantitative estimate of drug-likeness (QED) is 0.915. The zero-order valence-corrected chi connectivity index (χ0v) is 13.9. The lowest BCUT2D eigenvalue weighted by Gasteiger charge is -2.36. The van der Waals surface area contributed by atoms with Crippen molar-refractivity contribution < 1.29 is 9.59 Å². The van der Waals surface area contributed by atoms with Crippen LogP contribution in [0.25, 0.3) is 10.9 Å². The van der Waals surface area contributed by atoms with E-state index in [0.29, 0.717) is 13.1 Å². The fourth-order valence-corrected chi connectivity index (χ4v) is 3.90. The second-order valence-electron chi connectivity index (χ2n) is 6.62. The smallest absolute Gasteiger partial charge is 0.317 e. The number of hydrogen-bond donors (Lipinski definition) is 1. The molecule has 0 spiro atoms. The van der Waals surface area contributed by atoms with Crippen molar-refractivity contribution in [1.29, 1.82) is 0 Å². The summed E-state index contributed by atoms with van der Waals surface area (Å²) < 4.78 is 2.00. The van der Waals surface area contributed by atoms with E-state index >= 15 is 0 Å². The SMILES string of the molecule is Cn1cc(C(=O)N2CCC(N3CCNC3=O)CC2)c2ccccc21. The average Bonchev–Trinajstić information content (AvgIpc) is 3.19. The Hall–Kier alpha value is -2.50. The fourth-order valence-electron chi connectivity index (χ4n) is 3.90. The van der Waals surface area contributed by atoms with Gasteiger partial charge in [-0.15, -0.1) is 0 Å². The summed E-state index contributed by atoms with van der Waals surface area (Å²) in [6.45, 7) is 2.92. The van der Waals surface area contributed by atoms with Crippen molar-refractivity contribution in [1.82, 2.24) is 19.7 Å². The minimum absolute atomic E-state index is 0.0360. The number of piperidine rings is 1. The number of nitrogens with zero attached hydrogens (tertiary/aromatic N) is 3. The number of benzene rings is 1. The first kappa shape index (κ1) is 15.1. The molecule has 0 aliphatic carbocycles. The van der Waals surface area contributed by atoms with Gasteiger partial charge in [-0.05, 0) is 18.9 Å². The molecule has 1 aromatic heterocycles. The van der Waals surface area contributed by atoms with Gasteiger partial charge in [0.1, 0.15) is 0 Å². The first-order chi connectivity index (χ1) is 11.6. The summed E-state index contributed by atoms with van der Waals surface area (Å²) in [4.78, 5) is 28.6. The van der Waals surface area contributed by atoms with Crippen molar-refractivity contribution in [3.8, 4) is 0 Å². The van der Waals surface area contributed by atoms with Crippen LogP contribution in [-0.2, 0) is 7.05 Å². The molecule has 1 aromatic carbocycles. The molecule has 3 heterocycles. The number of amides is 3. The summed E-state index contributed by atoms with van der Waals surface area (Å²) in [6, 6.07) is 8.28. The number of aromatic nitrogens is 1. The largest absolute Gasteiger partial charge is 0.350 e. The summed E-state index contributed by atoms with van der Waals surface area (Å²) >= 11 is 0. The van der Waals surface area contributed by atoms with Crippen LogP contribution in [0, 0.1) is 0 Å². The van der Waals surface area contributed by atoms with E-state index in [1.807, 2.05) is 51.9 Å². The van der Waals surface area contributed by atoms with Crippen molar-refractivity contribution in [2.45, 2.75) is 18.9 Å². The number of carbonyl (C=O) groups excluding carboxylic acids is 2. The second-order valence-corrected chi connectivity index (χ2v) is 6.62. The van der Waals surface area contributed by atoms with Crippen LogP contribution in [0.1, 0.15) is 23.2 Å². The highest BCUT2D eigenvalue weighted by molar-refractivity contribution is 6.07. The number of hydrogen-bond acceptors (Lipinski definition) is 2. The van der Waals surface area contributed by atoms with Crippen molar-refractivity contribution in [3.05, 3.63) is 36.0 Å². The van der Waals surface area contributed by atoms with Gasteiger partial charge in [0.2, 0.25) is 0 Å². The monoisotopic (exact) mass is 326 g/mol. The molecule has 2 aromatic rings. The fraction of sp³-hybridized carbons (Fsp3) is 0.444. The molecule has 2 saturated heterocycles. The van der Waals surface area contributed by atoms with Crippen LogP contribution in [0.5, 0.6) is 0 Å². The van der Waals surface area contributed by atoms with E-state index in [-0.39, 0.29) is 18.0 Å². The predicted molar refractivity (Wildman–Crippen MR) is 91.9 cm³/mol. The van der Waals surface area contributed by atoms with Crippen LogP contribution in [-0.4, -0.2) is 58.5 Å². The van der Waals surface area contributed by atoms with Gasteiger partial charge in [0.05, 0.1) is 5.56 Å². The predicted octanol–water partition coefficient (Wildman–Crippen LogP) is 1.81. The van der Waals surface area contributed by atoms with Gasteiger partial charge in [-0.3, -0.25) is 4.79 Å². The third-order valence-electron chi connectivity index (χ3n) is 5.21. The average molecular weight is 326 g/mol. The number of nitrogens with one attached hydrogen (secondary N) is 1. The molecule has 2 fully saturated rings. The summed E-state index contributed by atoms with van der Waals surface area (Å²) in [7, 11) is 1.97. The topological polar surface area (TPSA) is 57.6 Å². The number of carbonyl (C=O) groups is 2. The van der Waals surface area contributed by atoms with Crippen molar-refractivity contribution in [2.75, 3.05) is 26.2 Å². The maximum Gasteiger partial charge on any atom is 0.317 e. The Morgan fingerprint density at radius 3 is 2.62 bits per heavy atom. The molecule has 0 saturated carbocycles. The maximum absolute atomic E-state index is 12.9. The van der Waals surface area contributed by atoms with Crippen LogP contribution in [0.4, 0.5) is 4.79 Å². The summed E-state index contributed by atoms with van der Waals surface area (Å²) in [5.74, 6) is 0.0936. The van der Waals surface area contributed by atoms with E-state index in [2.05, 4.69) is 5.32 Å². The molecule has 126 valence electrons. The van der Waals surface area contributed by atoms with E-state index < -0.39 is 0 Å². The minimum Gasteiger partial charge on any atom is -0.350 e. The molecule has 3 amide bonds. The number of fused-ring (bicyclic) bond motifs is 1. The van der Waals surface area contributed by atoms with E-state index in [9.17, 15) is 9.59 Å². The second kappa shape index (κ2) is 5.85.